The molecule has 1 aromatic rings. The molecule has 0 heterocycles. The van der Waals surface area contributed by atoms with Gasteiger partial charge in [0.2, 0.25) is 0 Å². The molecule has 0 saturated heterocycles. The average molecular weight is 176 g/mol. The number of ketones is 1. The topological polar surface area (TPSA) is 69.1 Å². The van der Waals surface area contributed by atoms with Gasteiger partial charge in [0.15, 0.2) is 5.78 Å². The third-order valence-corrected chi connectivity index (χ3v) is 2.49. The van der Waals surface area contributed by atoms with E-state index in [9.17, 15) is 4.79 Å². The lowest BCUT2D eigenvalue weighted by atomic mass is 9.88. The van der Waals surface area contributed by atoms with Crippen molar-refractivity contribution in [1.29, 1.82) is 0 Å². The quantitative estimate of drug-likeness (QED) is 0.586. The van der Waals surface area contributed by atoms with Crippen LogP contribution in [0.4, 0.5) is 11.4 Å². The Labute approximate surface area is 76.7 Å². The van der Waals surface area contributed by atoms with Gasteiger partial charge in [-0.25, -0.2) is 0 Å². The SMILES string of the molecule is Nc1ccc(N)c2c1CCCC2=O. The van der Waals surface area contributed by atoms with Gasteiger partial charge in [0.05, 0.1) is 0 Å². The number of Topliss-reactive ketones (excluding diaryl/α,β-unsaturated/α-hetero) is 1. The molecule has 0 unspecified atom stereocenters. The van der Waals surface area contributed by atoms with Crippen LogP contribution in [-0.4, -0.2) is 5.78 Å². The van der Waals surface area contributed by atoms with Crippen molar-refractivity contribution in [2.24, 2.45) is 0 Å². The molecule has 0 aliphatic heterocycles. The van der Waals surface area contributed by atoms with Crippen LogP contribution in [0.3, 0.4) is 0 Å². The molecule has 68 valence electrons. The first-order chi connectivity index (χ1) is 6.20. The number of anilines is 2. The van der Waals surface area contributed by atoms with Crippen LogP contribution >= 0.6 is 0 Å². The van der Waals surface area contributed by atoms with E-state index >= 15 is 0 Å². The van der Waals surface area contributed by atoms with E-state index in [2.05, 4.69) is 0 Å². The molecule has 1 aliphatic carbocycles. The number of rotatable bonds is 0. The first kappa shape index (κ1) is 8.10. The van der Waals surface area contributed by atoms with Crippen LogP contribution < -0.4 is 11.5 Å². The van der Waals surface area contributed by atoms with Crippen LogP contribution in [0, 0.1) is 0 Å². The fourth-order valence-corrected chi connectivity index (χ4v) is 1.83. The fraction of sp³-hybridized carbons (Fsp3) is 0.300. The van der Waals surface area contributed by atoms with Crippen LogP contribution in [0.25, 0.3) is 0 Å². The summed E-state index contributed by atoms with van der Waals surface area (Å²) in [5.41, 5.74) is 14.3. The average Bonchev–Trinajstić information content (AvgIpc) is 2.12. The number of hydrogen-bond donors (Lipinski definition) is 2. The number of carbonyl (C=O) groups excluding carboxylic acids is 1. The summed E-state index contributed by atoms with van der Waals surface area (Å²) in [5, 5.41) is 0. The van der Waals surface area contributed by atoms with E-state index in [1.54, 1.807) is 12.1 Å². The minimum Gasteiger partial charge on any atom is -0.398 e. The number of fused-ring (bicyclic) bond motifs is 1. The molecule has 0 radical (unpaired) electrons. The Balaban J connectivity index is 2.67. The molecular weight excluding hydrogens is 164 g/mol. The Bertz CT molecular complexity index is 371. The molecular formula is C10H12N2O. The van der Waals surface area contributed by atoms with Crippen molar-refractivity contribution >= 4 is 17.2 Å². The molecule has 13 heavy (non-hydrogen) atoms. The maximum atomic E-state index is 11.5. The normalized spacial score (nSPS) is 15.5. The minimum absolute atomic E-state index is 0.131. The van der Waals surface area contributed by atoms with E-state index in [1.165, 1.54) is 0 Å². The van der Waals surface area contributed by atoms with Gasteiger partial charge in [0, 0.05) is 23.4 Å². The Morgan fingerprint density at radius 1 is 1.08 bits per heavy atom. The molecule has 2 rings (SSSR count). The van der Waals surface area contributed by atoms with E-state index in [-0.39, 0.29) is 5.78 Å². The van der Waals surface area contributed by atoms with Gasteiger partial charge in [-0.05, 0) is 30.5 Å². The van der Waals surface area contributed by atoms with Crippen molar-refractivity contribution in [3.05, 3.63) is 23.3 Å². The molecule has 0 fully saturated rings. The van der Waals surface area contributed by atoms with Crippen molar-refractivity contribution in [2.45, 2.75) is 19.3 Å². The predicted octanol–water partition coefficient (Wildman–Crippen LogP) is 1.37. The van der Waals surface area contributed by atoms with Crippen LogP contribution in [0.1, 0.15) is 28.8 Å². The highest BCUT2D eigenvalue weighted by Gasteiger charge is 2.21. The lowest BCUT2D eigenvalue weighted by molar-refractivity contribution is 0.0973. The molecule has 4 N–H and O–H groups in total. The highest BCUT2D eigenvalue weighted by Crippen LogP contribution is 2.30. The number of nitrogen functional groups attached to an aromatic ring is 2. The second-order valence-electron chi connectivity index (χ2n) is 3.37. The molecule has 3 nitrogen and oxygen atoms in total. The van der Waals surface area contributed by atoms with Crippen molar-refractivity contribution in [2.75, 3.05) is 11.5 Å². The molecule has 1 aromatic carbocycles. The van der Waals surface area contributed by atoms with E-state index < -0.39 is 0 Å². The van der Waals surface area contributed by atoms with E-state index in [0.717, 1.165) is 18.4 Å². The van der Waals surface area contributed by atoms with Crippen LogP contribution in [0.15, 0.2) is 12.1 Å². The van der Waals surface area contributed by atoms with Crippen molar-refractivity contribution in [3.8, 4) is 0 Å². The van der Waals surface area contributed by atoms with E-state index in [0.29, 0.717) is 23.4 Å². The van der Waals surface area contributed by atoms with Gasteiger partial charge in [-0.3, -0.25) is 4.79 Å². The zero-order valence-electron chi connectivity index (χ0n) is 7.34. The third kappa shape index (κ3) is 1.16. The second kappa shape index (κ2) is 2.76. The van der Waals surface area contributed by atoms with Gasteiger partial charge in [-0.1, -0.05) is 0 Å². The Morgan fingerprint density at radius 2 is 1.77 bits per heavy atom. The molecule has 0 aromatic heterocycles. The lowest BCUT2D eigenvalue weighted by Gasteiger charge is -2.18. The highest BCUT2D eigenvalue weighted by atomic mass is 16.1. The summed E-state index contributed by atoms with van der Waals surface area (Å²) in [6.07, 6.45) is 2.36. The zero-order valence-corrected chi connectivity index (χ0v) is 7.34. The van der Waals surface area contributed by atoms with Crippen molar-refractivity contribution < 1.29 is 4.79 Å². The molecule has 3 heteroatoms. The number of benzene rings is 1. The van der Waals surface area contributed by atoms with Gasteiger partial charge in [-0.15, -0.1) is 0 Å². The summed E-state index contributed by atoms with van der Waals surface area (Å²) in [4.78, 5) is 11.5. The van der Waals surface area contributed by atoms with Crippen molar-refractivity contribution in [3.63, 3.8) is 0 Å². The molecule has 0 amide bonds. The minimum atomic E-state index is 0.131. The predicted molar refractivity (Wildman–Crippen MR) is 52.5 cm³/mol. The molecule has 0 atom stereocenters. The number of carbonyl (C=O) groups is 1. The van der Waals surface area contributed by atoms with Gasteiger partial charge < -0.3 is 11.5 Å². The van der Waals surface area contributed by atoms with Gasteiger partial charge >= 0.3 is 0 Å². The van der Waals surface area contributed by atoms with Crippen molar-refractivity contribution in [1.82, 2.24) is 0 Å². The van der Waals surface area contributed by atoms with Crippen LogP contribution in [-0.2, 0) is 6.42 Å². The van der Waals surface area contributed by atoms with Gasteiger partial charge in [0.1, 0.15) is 0 Å². The number of hydrogen-bond acceptors (Lipinski definition) is 3. The Morgan fingerprint density at radius 3 is 2.46 bits per heavy atom. The van der Waals surface area contributed by atoms with Crippen LogP contribution in [0.5, 0.6) is 0 Å². The summed E-state index contributed by atoms with van der Waals surface area (Å²) in [6.45, 7) is 0. The van der Waals surface area contributed by atoms with Gasteiger partial charge in [-0.2, -0.15) is 0 Å². The zero-order chi connectivity index (χ0) is 9.42. The molecule has 0 bridgehead atoms. The highest BCUT2D eigenvalue weighted by molar-refractivity contribution is 6.04. The maximum Gasteiger partial charge on any atom is 0.165 e. The summed E-state index contributed by atoms with van der Waals surface area (Å²) < 4.78 is 0. The van der Waals surface area contributed by atoms with Crippen LogP contribution in [0.2, 0.25) is 0 Å². The smallest absolute Gasteiger partial charge is 0.165 e. The monoisotopic (exact) mass is 176 g/mol. The largest absolute Gasteiger partial charge is 0.398 e. The van der Waals surface area contributed by atoms with E-state index in [1.807, 2.05) is 0 Å². The third-order valence-electron chi connectivity index (χ3n) is 2.49. The Kier molecular flexibility index (Phi) is 1.72. The number of nitrogens with two attached hydrogens (primary N) is 2. The summed E-state index contributed by atoms with van der Waals surface area (Å²) in [7, 11) is 0. The molecule has 0 saturated carbocycles. The maximum absolute atomic E-state index is 11.5. The summed E-state index contributed by atoms with van der Waals surface area (Å²) >= 11 is 0. The molecule has 0 spiro atoms. The Hall–Kier alpha value is -1.51. The van der Waals surface area contributed by atoms with Gasteiger partial charge in [0.25, 0.3) is 0 Å². The standard InChI is InChI=1S/C10H12N2O/c11-7-4-5-8(12)10-6(7)2-1-3-9(10)13/h4-5H,1-3,11-12H2. The second-order valence-corrected chi connectivity index (χ2v) is 3.37. The summed E-state index contributed by atoms with van der Waals surface area (Å²) in [5.74, 6) is 0.131. The van der Waals surface area contributed by atoms with E-state index in [4.69, 9.17) is 11.5 Å². The lowest BCUT2D eigenvalue weighted by Crippen LogP contribution is -2.15. The molecule has 1 aliphatic rings. The first-order valence-electron chi connectivity index (χ1n) is 4.40. The summed E-state index contributed by atoms with van der Waals surface area (Å²) in [6, 6.07) is 3.48. The fourth-order valence-electron chi connectivity index (χ4n) is 1.83. The first-order valence-corrected chi connectivity index (χ1v) is 4.40.